The van der Waals surface area contributed by atoms with Gasteiger partial charge in [0.15, 0.2) is 0 Å². The fourth-order valence-electron chi connectivity index (χ4n) is 2.83. The number of carboxylic acids is 2. The van der Waals surface area contributed by atoms with Gasteiger partial charge in [0.25, 0.3) is 0 Å². The van der Waals surface area contributed by atoms with E-state index in [0.29, 0.717) is 19.3 Å². The van der Waals surface area contributed by atoms with E-state index in [4.69, 9.17) is 14.6 Å². The molecule has 0 spiro atoms. The predicted molar refractivity (Wildman–Crippen MR) is 92.5 cm³/mol. The number of ether oxygens (including phenoxy) is 2. The molecule has 2 unspecified atom stereocenters. The predicted octanol–water partition coefficient (Wildman–Crippen LogP) is 2.78. The molecule has 2 atom stereocenters. The first kappa shape index (κ1) is 23.9. The Morgan fingerprint density at radius 2 is 1.31 bits per heavy atom. The Morgan fingerprint density at radius 1 is 0.846 bits per heavy atom. The van der Waals surface area contributed by atoms with Crippen LogP contribution in [0.25, 0.3) is 0 Å². The van der Waals surface area contributed by atoms with Crippen molar-refractivity contribution in [1.82, 2.24) is 0 Å². The lowest BCUT2D eigenvalue weighted by Crippen LogP contribution is -2.52. The van der Waals surface area contributed by atoms with Gasteiger partial charge in [-0.05, 0) is 26.7 Å². The largest absolute Gasteiger partial charge is 0.481 e. The smallest absolute Gasteiger partial charge is 0.317 e. The molecular weight excluding hydrogens is 344 g/mol. The third-order valence-corrected chi connectivity index (χ3v) is 4.52. The van der Waals surface area contributed by atoms with Gasteiger partial charge in [0.2, 0.25) is 0 Å². The zero-order valence-corrected chi connectivity index (χ0v) is 15.9. The highest BCUT2D eigenvalue weighted by molar-refractivity contribution is 5.78. The van der Waals surface area contributed by atoms with Crippen molar-refractivity contribution in [3.63, 3.8) is 0 Å². The summed E-state index contributed by atoms with van der Waals surface area (Å²) in [6.45, 7) is 6.16. The number of rotatable bonds is 13. The summed E-state index contributed by atoms with van der Waals surface area (Å²) in [6, 6.07) is 0. The minimum atomic E-state index is -1.60. The van der Waals surface area contributed by atoms with E-state index in [2.05, 4.69) is 0 Å². The molecule has 0 aliphatic carbocycles. The molecule has 8 heteroatoms. The van der Waals surface area contributed by atoms with Crippen LogP contribution in [0.15, 0.2) is 0 Å². The zero-order valence-electron chi connectivity index (χ0n) is 15.9. The van der Waals surface area contributed by atoms with E-state index in [1.165, 1.54) is 13.8 Å². The summed E-state index contributed by atoms with van der Waals surface area (Å²) < 4.78 is 10.5. The average molecular weight is 374 g/mol. The van der Waals surface area contributed by atoms with Gasteiger partial charge in [-0.25, -0.2) is 0 Å². The molecule has 0 saturated heterocycles. The van der Waals surface area contributed by atoms with Gasteiger partial charge in [0.1, 0.15) is 17.6 Å². The Kier molecular flexibility index (Phi) is 10.6. The summed E-state index contributed by atoms with van der Waals surface area (Å²) in [6.07, 6.45) is -0.399. The van der Waals surface area contributed by atoms with Crippen molar-refractivity contribution >= 4 is 23.9 Å². The van der Waals surface area contributed by atoms with Gasteiger partial charge < -0.3 is 19.7 Å². The van der Waals surface area contributed by atoms with Crippen molar-refractivity contribution in [1.29, 1.82) is 0 Å². The van der Waals surface area contributed by atoms with E-state index in [9.17, 15) is 24.3 Å². The number of carbonyl (C=O) groups excluding carboxylic acids is 2. The second-order valence-corrected chi connectivity index (χ2v) is 6.27. The molecule has 2 N–H and O–H groups in total. The van der Waals surface area contributed by atoms with Crippen molar-refractivity contribution < 1.29 is 38.9 Å². The Labute approximate surface area is 153 Å². The maximum Gasteiger partial charge on any atom is 0.317 e. The van der Waals surface area contributed by atoms with Gasteiger partial charge in [-0.3, -0.25) is 19.2 Å². The molecule has 0 saturated carbocycles. The van der Waals surface area contributed by atoms with Gasteiger partial charge in [0.05, 0.1) is 0 Å². The van der Waals surface area contributed by atoms with Crippen LogP contribution in [0.4, 0.5) is 0 Å². The maximum atomic E-state index is 12.1. The zero-order chi connectivity index (χ0) is 20.3. The molecule has 26 heavy (non-hydrogen) atoms. The summed E-state index contributed by atoms with van der Waals surface area (Å²) >= 11 is 0. The average Bonchev–Trinajstić information content (AvgIpc) is 2.56. The monoisotopic (exact) mass is 374 g/mol. The Hall–Kier alpha value is -2.12. The molecule has 150 valence electrons. The first-order valence-electron chi connectivity index (χ1n) is 8.95. The minimum Gasteiger partial charge on any atom is -0.481 e. The summed E-state index contributed by atoms with van der Waals surface area (Å²) in [5, 5.41) is 18.6. The summed E-state index contributed by atoms with van der Waals surface area (Å²) in [5.41, 5.74) is -1.60. The van der Waals surface area contributed by atoms with Gasteiger partial charge >= 0.3 is 23.9 Å². The summed E-state index contributed by atoms with van der Waals surface area (Å²) in [5.74, 6) is -3.21. The van der Waals surface area contributed by atoms with E-state index < -0.39 is 41.5 Å². The minimum absolute atomic E-state index is 0.000813. The summed E-state index contributed by atoms with van der Waals surface area (Å²) in [7, 11) is 0. The van der Waals surface area contributed by atoms with Gasteiger partial charge in [0, 0.05) is 19.3 Å². The number of hydrogen-bond donors (Lipinski definition) is 2. The molecule has 8 nitrogen and oxygen atoms in total. The Bertz CT molecular complexity index is 475. The van der Waals surface area contributed by atoms with Crippen LogP contribution in [0.2, 0.25) is 0 Å². The van der Waals surface area contributed by atoms with E-state index in [0.717, 1.165) is 0 Å². The molecule has 0 aromatic carbocycles. The maximum absolute atomic E-state index is 12.1. The van der Waals surface area contributed by atoms with Crippen LogP contribution < -0.4 is 0 Å². The fraction of sp³-hybridized carbons (Fsp3) is 0.778. The van der Waals surface area contributed by atoms with Crippen LogP contribution in [0, 0.1) is 5.41 Å². The third kappa shape index (κ3) is 7.01. The number of esters is 2. The van der Waals surface area contributed by atoms with Crippen LogP contribution in [0.5, 0.6) is 0 Å². The molecule has 0 aliphatic rings. The molecule has 0 aromatic heterocycles. The molecule has 0 aromatic rings. The van der Waals surface area contributed by atoms with Crippen molar-refractivity contribution in [3.05, 3.63) is 0 Å². The number of aliphatic carboxylic acids is 2. The lowest BCUT2D eigenvalue weighted by molar-refractivity contribution is -0.186. The van der Waals surface area contributed by atoms with Crippen molar-refractivity contribution in [3.8, 4) is 0 Å². The summed E-state index contributed by atoms with van der Waals surface area (Å²) in [4.78, 5) is 46.0. The number of hydrogen-bond acceptors (Lipinski definition) is 6. The fourth-order valence-corrected chi connectivity index (χ4v) is 2.83. The molecule has 0 radical (unpaired) electrons. The highest BCUT2D eigenvalue weighted by Crippen LogP contribution is 2.38. The SMILES string of the molecule is CCC(=O)OC(C)C(CCCCCC(=O)O)(C(=O)O)C(C)OC(=O)CC. The highest BCUT2D eigenvalue weighted by atomic mass is 16.6. The van der Waals surface area contributed by atoms with Gasteiger partial charge in [-0.15, -0.1) is 0 Å². The molecule has 0 bridgehead atoms. The van der Waals surface area contributed by atoms with E-state index in [-0.39, 0.29) is 25.7 Å². The number of carbonyl (C=O) groups is 4. The van der Waals surface area contributed by atoms with Crippen LogP contribution in [-0.2, 0) is 28.7 Å². The highest BCUT2D eigenvalue weighted by Gasteiger charge is 2.52. The number of carboxylic acid groups (broad SMARTS) is 2. The van der Waals surface area contributed by atoms with Crippen molar-refractivity contribution in [2.45, 2.75) is 84.8 Å². The molecule has 0 aliphatic heterocycles. The lowest BCUT2D eigenvalue weighted by atomic mass is 9.73. The first-order chi connectivity index (χ1) is 12.1. The van der Waals surface area contributed by atoms with Gasteiger partial charge in [-0.2, -0.15) is 0 Å². The van der Waals surface area contributed by atoms with E-state index in [1.54, 1.807) is 13.8 Å². The normalized spacial score (nSPS) is 15.4. The van der Waals surface area contributed by atoms with Crippen molar-refractivity contribution in [2.75, 3.05) is 0 Å². The van der Waals surface area contributed by atoms with Gasteiger partial charge in [-0.1, -0.05) is 26.7 Å². The third-order valence-electron chi connectivity index (χ3n) is 4.52. The molecular formula is C18H30O8. The topological polar surface area (TPSA) is 127 Å². The first-order valence-corrected chi connectivity index (χ1v) is 8.95. The van der Waals surface area contributed by atoms with Crippen LogP contribution in [0.1, 0.15) is 72.6 Å². The number of unbranched alkanes of at least 4 members (excludes halogenated alkanes) is 2. The standard InChI is InChI=1S/C18H30O8/c1-5-15(21)25-12(3)18(17(23)24,13(4)26-16(22)6-2)11-9-7-8-10-14(19)20/h12-13H,5-11H2,1-4H3,(H,19,20)(H,23,24). The molecule has 0 rings (SSSR count). The quantitative estimate of drug-likeness (QED) is 0.372. The van der Waals surface area contributed by atoms with Crippen LogP contribution >= 0.6 is 0 Å². The molecule has 0 heterocycles. The van der Waals surface area contributed by atoms with Crippen LogP contribution in [0.3, 0.4) is 0 Å². The molecule has 0 amide bonds. The van der Waals surface area contributed by atoms with Crippen molar-refractivity contribution in [2.24, 2.45) is 5.41 Å². The van der Waals surface area contributed by atoms with E-state index in [1.807, 2.05) is 0 Å². The second-order valence-electron chi connectivity index (χ2n) is 6.27. The Balaban J connectivity index is 5.40. The molecule has 0 fully saturated rings. The second kappa shape index (κ2) is 11.5. The van der Waals surface area contributed by atoms with E-state index >= 15 is 0 Å². The Morgan fingerprint density at radius 3 is 1.65 bits per heavy atom. The lowest BCUT2D eigenvalue weighted by Gasteiger charge is -2.38. The van der Waals surface area contributed by atoms with Crippen LogP contribution in [-0.4, -0.2) is 46.3 Å².